The van der Waals surface area contributed by atoms with Crippen LogP contribution in [0.2, 0.25) is 0 Å². The number of nitrogens with zero attached hydrogens (tertiary/aromatic N) is 1. The number of ether oxygens (including phenoxy) is 3. The Morgan fingerprint density at radius 3 is 2.39 bits per heavy atom. The second kappa shape index (κ2) is 10.6. The summed E-state index contributed by atoms with van der Waals surface area (Å²) in [5.41, 5.74) is 1.12. The van der Waals surface area contributed by atoms with Crippen LogP contribution in [0.1, 0.15) is 21.9 Å². The standard InChI is InChI=1S/C25H22FN3O6S/c1-13-9-16(14(2)34-13)24(30)36-29-25(31)28-15-5-6-21(18(26)10-15)35-20-7-8-27-19-12-23(33-4)22(32-3)11-17(19)20/h5-12H,1-4H3,(H2,28,29,31). The largest absolute Gasteiger partial charge is 0.493 e. The minimum Gasteiger partial charge on any atom is -0.493 e. The van der Waals surface area contributed by atoms with E-state index >= 15 is 0 Å². The average Bonchev–Trinajstić information content (AvgIpc) is 3.21. The molecule has 0 unspecified atom stereocenters. The van der Waals surface area contributed by atoms with Crippen LogP contribution in [-0.4, -0.2) is 30.3 Å². The number of methoxy groups -OCH3 is 2. The number of carbonyl (C=O) groups excluding carboxylic acids is 2. The Kier molecular flexibility index (Phi) is 7.30. The van der Waals surface area contributed by atoms with Crippen molar-refractivity contribution in [3.05, 3.63) is 71.6 Å². The number of benzene rings is 2. The fourth-order valence-electron chi connectivity index (χ4n) is 3.45. The maximum absolute atomic E-state index is 14.8. The highest BCUT2D eigenvalue weighted by atomic mass is 32.2. The number of hydrogen-bond acceptors (Lipinski definition) is 8. The first kappa shape index (κ1) is 24.9. The molecule has 0 fully saturated rings. The summed E-state index contributed by atoms with van der Waals surface area (Å²) >= 11 is 0.596. The predicted molar refractivity (Wildman–Crippen MR) is 134 cm³/mol. The van der Waals surface area contributed by atoms with Crippen LogP contribution in [0.15, 0.2) is 53.1 Å². The van der Waals surface area contributed by atoms with Gasteiger partial charge in [-0.2, -0.15) is 0 Å². The van der Waals surface area contributed by atoms with Crippen LogP contribution in [0.25, 0.3) is 10.9 Å². The van der Waals surface area contributed by atoms with Gasteiger partial charge in [0.1, 0.15) is 17.3 Å². The number of nitrogens with one attached hydrogen (secondary N) is 2. The van der Waals surface area contributed by atoms with Gasteiger partial charge in [0.05, 0.1) is 25.3 Å². The summed E-state index contributed by atoms with van der Waals surface area (Å²) in [6, 6.07) is 9.86. The first-order valence-electron chi connectivity index (χ1n) is 10.6. The molecule has 186 valence electrons. The van der Waals surface area contributed by atoms with Gasteiger partial charge in [-0.1, -0.05) is 0 Å². The van der Waals surface area contributed by atoms with E-state index in [2.05, 4.69) is 15.0 Å². The van der Waals surface area contributed by atoms with Gasteiger partial charge in [0.2, 0.25) is 5.12 Å². The van der Waals surface area contributed by atoms with Gasteiger partial charge < -0.3 is 23.9 Å². The lowest BCUT2D eigenvalue weighted by Gasteiger charge is -2.13. The first-order valence-corrected chi connectivity index (χ1v) is 11.4. The molecule has 2 N–H and O–H groups in total. The molecule has 0 atom stereocenters. The average molecular weight is 512 g/mol. The molecule has 4 aromatic rings. The summed E-state index contributed by atoms with van der Waals surface area (Å²) in [5, 5.41) is 2.69. The molecular formula is C25H22FN3O6S. The summed E-state index contributed by atoms with van der Waals surface area (Å²) < 4.78 is 38.9. The topological polar surface area (TPSA) is 112 Å². The van der Waals surface area contributed by atoms with Crippen molar-refractivity contribution < 1.29 is 32.6 Å². The number of pyridine rings is 1. The molecule has 0 bridgehead atoms. The molecule has 2 amide bonds. The first-order chi connectivity index (χ1) is 17.3. The molecule has 9 nitrogen and oxygen atoms in total. The molecule has 2 heterocycles. The Labute approximate surface area is 210 Å². The SMILES string of the molecule is COc1cc2nccc(Oc3ccc(NC(=O)NSC(=O)c4cc(C)oc4C)cc3F)c2cc1OC. The minimum atomic E-state index is -0.702. The number of furan rings is 1. The van der Waals surface area contributed by atoms with E-state index in [0.717, 1.165) is 6.07 Å². The van der Waals surface area contributed by atoms with Crippen LogP contribution in [-0.2, 0) is 0 Å². The van der Waals surface area contributed by atoms with Crippen LogP contribution in [0, 0.1) is 19.7 Å². The number of aryl methyl sites for hydroxylation is 2. The molecule has 0 saturated carbocycles. The number of carbonyl (C=O) groups is 2. The molecule has 0 aliphatic carbocycles. The highest BCUT2D eigenvalue weighted by molar-refractivity contribution is 8.12. The summed E-state index contributed by atoms with van der Waals surface area (Å²) in [4.78, 5) is 28.7. The zero-order chi connectivity index (χ0) is 25.8. The highest BCUT2D eigenvalue weighted by Crippen LogP contribution is 2.37. The van der Waals surface area contributed by atoms with Crippen LogP contribution < -0.4 is 24.2 Å². The van der Waals surface area contributed by atoms with Crippen molar-refractivity contribution in [2.75, 3.05) is 19.5 Å². The third-order valence-corrected chi connectivity index (χ3v) is 5.81. The Bertz CT molecular complexity index is 1460. The molecule has 2 aromatic carbocycles. The monoisotopic (exact) mass is 511 g/mol. The fraction of sp³-hybridized carbons (Fsp3) is 0.160. The smallest absolute Gasteiger partial charge is 0.329 e. The van der Waals surface area contributed by atoms with Crippen LogP contribution in [0.5, 0.6) is 23.0 Å². The van der Waals surface area contributed by atoms with Crippen molar-refractivity contribution in [1.82, 2.24) is 9.71 Å². The lowest BCUT2D eigenvalue weighted by molar-refractivity contribution is 0.108. The molecule has 0 aliphatic heterocycles. The van der Waals surface area contributed by atoms with Gasteiger partial charge >= 0.3 is 6.03 Å². The summed E-state index contributed by atoms with van der Waals surface area (Å²) in [6.45, 7) is 3.39. The molecule has 0 aliphatic rings. The number of urea groups is 1. The minimum absolute atomic E-state index is 0.0569. The second-order valence-corrected chi connectivity index (χ2v) is 8.33. The van der Waals surface area contributed by atoms with Gasteiger partial charge in [-0.15, -0.1) is 0 Å². The van der Waals surface area contributed by atoms with E-state index < -0.39 is 11.8 Å². The third kappa shape index (κ3) is 5.36. The maximum atomic E-state index is 14.8. The molecular weight excluding hydrogens is 489 g/mol. The van der Waals surface area contributed by atoms with Crippen LogP contribution >= 0.6 is 11.9 Å². The van der Waals surface area contributed by atoms with Crippen molar-refractivity contribution >= 4 is 39.7 Å². The molecule has 4 rings (SSSR count). The van der Waals surface area contributed by atoms with E-state index in [-0.39, 0.29) is 16.6 Å². The predicted octanol–water partition coefficient (Wildman–Crippen LogP) is 6.00. The van der Waals surface area contributed by atoms with Crippen LogP contribution in [0.3, 0.4) is 0 Å². The van der Waals surface area contributed by atoms with Gasteiger partial charge in [0, 0.05) is 41.4 Å². The van der Waals surface area contributed by atoms with Gasteiger partial charge in [0.15, 0.2) is 23.1 Å². The number of rotatable bonds is 6. The molecule has 11 heteroatoms. The lowest BCUT2D eigenvalue weighted by atomic mass is 10.2. The zero-order valence-electron chi connectivity index (χ0n) is 19.8. The number of aromatic nitrogens is 1. The highest BCUT2D eigenvalue weighted by Gasteiger charge is 2.17. The Morgan fingerprint density at radius 1 is 0.972 bits per heavy atom. The van der Waals surface area contributed by atoms with Gasteiger partial charge in [-0.25, -0.2) is 9.18 Å². The van der Waals surface area contributed by atoms with Crippen molar-refractivity contribution in [2.45, 2.75) is 13.8 Å². The van der Waals surface area contributed by atoms with Gasteiger partial charge in [-0.05, 0) is 44.2 Å². The maximum Gasteiger partial charge on any atom is 0.329 e. The van der Waals surface area contributed by atoms with E-state index in [1.165, 1.54) is 32.5 Å². The molecule has 2 aromatic heterocycles. The Balaban J connectivity index is 1.44. The number of amides is 2. The normalized spacial score (nSPS) is 10.7. The fourth-order valence-corrected chi connectivity index (χ4v) is 4.00. The van der Waals surface area contributed by atoms with E-state index in [9.17, 15) is 14.0 Å². The van der Waals surface area contributed by atoms with E-state index in [0.29, 0.717) is 57.2 Å². The van der Waals surface area contributed by atoms with Gasteiger partial charge in [0.25, 0.3) is 0 Å². The van der Waals surface area contributed by atoms with Crippen LogP contribution in [0.4, 0.5) is 14.9 Å². The number of halogens is 1. The number of anilines is 1. The van der Waals surface area contributed by atoms with E-state index in [1.807, 2.05) is 0 Å². The van der Waals surface area contributed by atoms with E-state index in [1.54, 1.807) is 38.1 Å². The lowest BCUT2D eigenvalue weighted by Crippen LogP contribution is -2.24. The van der Waals surface area contributed by atoms with E-state index in [4.69, 9.17) is 18.6 Å². The number of fused-ring (bicyclic) bond motifs is 1. The molecule has 36 heavy (non-hydrogen) atoms. The van der Waals surface area contributed by atoms with Crippen molar-refractivity contribution in [3.63, 3.8) is 0 Å². The summed E-state index contributed by atoms with van der Waals surface area (Å²) in [6.07, 6.45) is 1.53. The number of hydrogen-bond donors (Lipinski definition) is 2. The van der Waals surface area contributed by atoms with Crippen molar-refractivity contribution in [3.8, 4) is 23.0 Å². The summed E-state index contributed by atoms with van der Waals surface area (Å²) in [5.74, 6) is 1.64. The molecule has 0 saturated heterocycles. The Morgan fingerprint density at radius 2 is 1.72 bits per heavy atom. The van der Waals surface area contributed by atoms with Crippen molar-refractivity contribution in [1.29, 1.82) is 0 Å². The Hall–Kier alpha value is -4.25. The second-order valence-electron chi connectivity index (χ2n) is 7.55. The third-order valence-electron chi connectivity index (χ3n) is 5.11. The molecule has 0 radical (unpaired) electrons. The summed E-state index contributed by atoms with van der Waals surface area (Å²) in [7, 11) is 3.03. The zero-order valence-corrected chi connectivity index (χ0v) is 20.6. The van der Waals surface area contributed by atoms with Crippen molar-refractivity contribution in [2.24, 2.45) is 0 Å². The van der Waals surface area contributed by atoms with Gasteiger partial charge in [-0.3, -0.25) is 14.5 Å². The molecule has 0 spiro atoms. The quantitative estimate of drug-likeness (QED) is 0.303.